The molecule has 94 valence electrons. The van der Waals surface area contributed by atoms with Crippen molar-refractivity contribution in [2.24, 2.45) is 0 Å². The average Bonchev–Trinajstić information content (AvgIpc) is 2.97. The highest BCUT2D eigenvalue weighted by atomic mass is 19.4. The van der Waals surface area contributed by atoms with Crippen LogP contribution < -0.4 is 0 Å². The van der Waals surface area contributed by atoms with Crippen molar-refractivity contribution in [1.82, 2.24) is 0 Å². The third-order valence-electron chi connectivity index (χ3n) is 2.70. The first kappa shape index (κ1) is 12.3. The number of halogens is 6. The number of hydrogen-bond donors (Lipinski definition) is 0. The van der Waals surface area contributed by atoms with Gasteiger partial charge >= 0.3 is 12.4 Å². The largest absolute Gasteiger partial charge is 0.416 e. The molecular weight excluding hydrogens is 246 g/mol. The lowest BCUT2D eigenvalue weighted by Gasteiger charge is -2.15. The monoisotopic (exact) mass is 254 g/mol. The Kier molecular flexibility index (Phi) is 2.63. The van der Waals surface area contributed by atoms with E-state index >= 15 is 0 Å². The fourth-order valence-electron chi connectivity index (χ4n) is 1.73. The third kappa shape index (κ3) is 2.56. The molecule has 1 fully saturated rings. The SMILES string of the molecule is FC(F)(F)c1ccc(C(F)(F)F)c(C2CC2)c1. The molecule has 0 heterocycles. The van der Waals surface area contributed by atoms with E-state index in [1.165, 1.54) is 0 Å². The fraction of sp³-hybridized carbons (Fsp3) is 0.455. The molecule has 0 N–H and O–H groups in total. The fourth-order valence-corrected chi connectivity index (χ4v) is 1.73. The molecule has 1 aliphatic rings. The van der Waals surface area contributed by atoms with Crippen molar-refractivity contribution in [2.45, 2.75) is 31.1 Å². The van der Waals surface area contributed by atoms with Gasteiger partial charge in [0.2, 0.25) is 0 Å². The van der Waals surface area contributed by atoms with Crippen LogP contribution in [0.3, 0.4) is 0 Å². The second-order valence-electron chi connectivity index (χ2n) is 4.07. The van der Waals surface area contributed by atoms with Crippen molar-refractivity contribution < 1.29 is 26.3 Å². The standard InChI is InChI=1S/C11H8F6/c12-10(13,14)7-3-4-9(11(15,16)17)8(5-7)6-1-2-6/h3-6H,1-2H2. The van der Waals surface area contributed by atoms with Crippen molar-refractivity contribution >= 4 is 0 Å². The Morgan fingerprint density at radius 2 is 1.47 bits per heavy atom. The number of rotatable bonds is 1. The quantitative estimate of drug-likeness (QED) is 0.642. The summed E-state index contributed by atoms with van der Waals surface area (Å²) < 4.78 is 74.9. The topological polar surface area (TPSA) is 0 Å². The lowest BCUT2D eigenvalue weighted by atomic mass is 9.99. The van der Waals surface area contributed by atoms with Crippen LogP contribution in [0.2, 0.25) is 0 Å². The van der Waals surface area contributed by atoms with Gasteiger partial charge in [0.05, 0.1) is 11.1 Å². The molecule has 0 aromatic heterocycles. The highest BCUT2D eigenvalue weighted by Gasteiger charge is 2.40. The predicted octanol–water partition coefficient (Wildman–Crippen LogP) is 4.60. The van der Waals surface area contributed by atoms with E-state index in [-0.39, 0.29) is 11.5 Å². The molecule has 6 heteroatoms. The Bertz CT molecular complexity index is 425. The maximum absolute atomic E-state index is 12.6. The lowest BCUT2D eigenvalue weighted by molar-refractivity contribution is -0.141. The van der Waals surface area contributed by atoms with E-state index < -0.39 is 23.5 Å². The maximum atomic E-state index is 12.6. The Hall–Kier alpha value is -1.20. The first-order chi connectivity index (χ1) is 7.69. The molecule has 0 nitrogen and oxygen atoms in total. The van der Waals surface area contributed by atoms with Gasteiger partial charge in [0.1, 0.15) is 0 Å². The van der Waals surface area contributed by atoms with Gasteiger partial charge < -0.3 is 0 Å². The highest BCUT2D eigenvalue weighted by molar-refractivity contribution is 5.39. The second kappa shape index (κ2) is 3.65. The van der Waals surface area contributed by atoms with Crippen molar-refractivity contribution in [2.75, 3.05) is 0 Å². The van der Waals surface area contributed by atoms with Crippen LogP contribution in [0.5, 0.6) is 0 Å². The van der Waals surface area contributed by atoms with E-state index in [0.29, 0.717) is 31.0 Å². The average molecular weight is 254 g/mol. The van der Waals surface area contributed by atoms with Gasteiger partial charge in [-0.25, -0.2) is 0 Å². The Balaban J connectivity index is 2.49. The highest BCUT2D eigenvalue weighted by Crippen LogP contribution is 2.47. The molecule has 2 rings (SSSR count). The van der Waals surface area contributed by atoms with Crippen LogP contribution in [0.15, 0.2) is 18.2 Å². The molecule has 0 bridgehead atoms. The van der Waals surface area contributed by atoms with Crippen molar-refractivity contribution in [1.29, 1.82) is 0 Å². The van der Waals surface area contributed by atoms with Crippen LogP contribution in [0, 0.1) is 0 Å². The summed E-state index contributed by atoms with van der Waals surface area (Å²) in [6.07, 6.45) is -8.16. The summed E-state index contributed by atoms with van der Waals surface area (Å²) in [5, 5.41) is 0. The summed E-state index contributed by atoms with van der Waals surface area (Å²) in [7, 11) is 0. The summed E-state index contributed by atoms with van der Waals surface area (Å²) >= 11 is 0. The van der Waals surface area contributed by atoms with Gasteiger partial charge in [0.15, 0.2) is 0 Å². The van der Waals surface area contributed by atoms with Crippen LogP contribution >= 0.6 is 0 Å². The molecule has 0 amide bonds. The summed E-state index contributed by atoms with van der Waals surface area (Å²) in [5.41, 5.74) is -2.20. The molecule has 0 aliphatic heterocycles. The molecule has 0 unspecified atom stereocenters. The Labute approximate surface area is 93.2 Å². The molecule has 0 spiro atoms. The number of hydrogen-bond acceptors (Lipinski definition) is 0. The normalized spacial score (nSPS) is 17.3. The van der Waals surface area contributed by atoms with E-state index in [9.17, 15) is 26.3 Å². The predicted molar refractivity (Wildman–Crippen MR) is 48.4 cm³/mol. The summed E-state index contributed by atoms with van der Waals surface area (Å²) in [6.45, 7) is 0. The molecule has 0 radical (unpaired) electrons. The maximum Gasteiger partial charge on any atom is 0.416 e. The van der Waals surface area contributed by atoms with Gasteiger partial charge in [-0.05, 0) is 42.5 Å². The molecular formula is C11H8F6. The minimum Gasteiger partial charge on any atom is -0.166 e. The summed E-state index contributed by atoms with van der Waals surface area (Å²) in [6, 6.07) is 1.63. The molecule has 0 saturated heterocycles. The summed E-state index contributed by atoms with van der Waals surface area (Å²) in [4.78, 5) is 0. The van der Waals surface area contributed by atoms with E-state index in [2.05, 4.69) is 0 Å². The van der Waals surface area contributed by atoms with Gasteiger partial charge in [-0.2, -0.15) is 26.3 Å². The lowest BCUT2D eigenvalue weighted by Crippen LogP contribution is -2.12. The second-order valence-corrected chi connectivity index (χ2v) is 4.07. The van der Waals surface area contributed by atoms with E-state index in [0.717, 1.165) is 0 Å². The minimum atomic E-state index is -4.60. The zero-order valence-electron chi connectivity index (χ0n) is 8.49. The van der Waals surface area contributed by atoms with Crippen molar-refractivity contribution in [3.63, 3.8) is 0 Å². The first-order valence-corrected chi connectivity index (χ1v) is 4.98. The molecule has 1 aliphatic carbocycles. The van der Waals surface area contributed by atoms with Crippen molar-refractivity contribution in [3.8, 4) is 0 Å². The molecule has 0 atom stereocenters. The zero-order chi connectivity index (χ0) is 12.8. The molecule has 1 saturated carbocycles. The van der Waals surface area contributed by atoms with Crippen molar-refractivity contribution in [3.05, 3.63) is 34.9 Å². The van der Waals surface area contributed by atoms with Gasteiger partial charge in [-0.15, -0.1) is 0 Å². The Morgan fingerprint density at radius 1 is 0.882 bits per heavy atom. The molecule has 17 heavy (non-hydrogen) atoms. The zero-order valence-corrected chi connectivity index (χ0v) is 8.49. The number of alkyl halides is 6. The first-order valence-electron chi connectivity index (χ1n) is 4.98. The minimum absolute atomic E-state index is 0.229. The van der Waals surface area contributed by atoms with Crippen LogP contribution in [0.4, 0.5) is 26.3 Å². The Morgan fingerprint density at radius 3 is 1.88 bits per heavy atom. The molecule has 1 aromatic carbocycles. The van der Waals surface area contributed by atoms with Gasteiger partial charge in [0.25, 0.3) is 0 Å². The van der Waals surface area contributed by atoms with Gasteiger partial charge in [0, 0.05) is 0 Å². The van der Waals surface area contributed by atoms with Crippen LogP contribution in [0.25, 0.3) is 0 Å². The number of benzene rings is 1. The van der Waals surface area contributed by atoms with Crippen LogP contribution in [-0.4, -0.2) is 0 Å². The van der Waals surface area contributed by atoms with E-state index in [1.54, 1.807) is 0 Å². The van der Waals surface area contributed by atoms with E-state index in [4.69, 9.17) is 0 Å². The van der Waals surface area contributed by atoms with E-state index in [1.807, 2.05) is 0 Å². The van der Waals surface area contributed by atoms with Gasteiger partial charge in [-0.3, -0.25) is 0 Å². The van der Waals surface area contributed by atoms with Crippen LogP contribution in [-0.2, 0) is 12.4 Å². The van der Waals surface area contributed by atoms with Gasteiger partial charge in [-0.1, -0.05) is 0 Å². The molecule has 1 aromatic rings. The summed E-state index contributed by atoms with van der Waals surface area (Å²) in [5.74, 6) is -0.381. The van der Waals surface area contributed by atoms with Crippen LogP contribution in [0.1, 0.15) is 35.4 Å². The third-order valence-corrected chi connectivity index (χ3v) is 2.70. The smallest absolute Gasteiger partial charge is 0.166 e.